The Morgan fingerprint density at radius 2 is 2.04 bits per heavy atom. The third kappa shape index (κ3) is 2.51. The lowest BCUT2D eigenvalue weighted by molar-refractivity contribution is -0.142. The molecule has 1 aromatic carbocycles. The molecule has 2 aliphatic heterocycles. The monoisotopic (exact) mass is 326 g/mol. The van der Waals surface area contributed by atoms with Gasteiger partial charge in [0, 0.05) is 37.0 Å². The van der Waals surface area contributed by atoms with Gasteiger partial charge in [0.15, 0.2) is 5.82 Å². The largest absolute Gasteiger partial charge is 0.341 e. The van der Waals surface area contributed by atoms with E-state index < -0.39 is 0 Å². The fourth-order valence-corrected chi connectivity index (χ4v) is 4.02. The van der Waals surface area contributed by atoms with Crippen molar-refractivity contribution in [1.82, 2.24) is 19.9 Å². The molecule has 2 aromatic rings. The van der Waals surface area contributed by atoms with Crippen LogP contribution in [0.1, 0.15) is 31.6 Å². The molecule has 1 atom stereocenters. The van der Waals surface area contributed by atoms with Gasteiger partial charge in [0.25, 0.3) is 5.89 Å². The number of likely N-dealkylation sites (tertiary alicyclic amines) is 2. The van der Waals surface area contributed by atoms with E-state index in [2.05, 4.69) is 22.1 Å². The molecular weight excluding hydrogens is 304 g/mol. The van der Waals surface area contributed by atoms with Crippen molar-refractivity contribution >= 4 is 5.91 Å². The lowest BCUT2D eigenvalue weighted by Crippen LogP contribution is -2.59. The van der Waals surface area contributed by atoms with Gasteiger partial charge in [-0.3, -0.25) is 9.69 Å². The molecule has 0 saturated carbocycles. The average molecular weight is 326 g/mol. The van der Waals surface area contributed by atoms with Crippen molar-refractivity contribution in [3.63, 3.8) is 0 Å². The summed E-state index contributed by atoms with van der Waals surface area (Å²) in [6.07, 6.45) is 1.56. The number of hydrogen-bond acceptors (Lipinski definition) is 5. The van der Waals surface area contributed by atoms with Crippen molar-refractivity contribution in [2.75, 3.05) is 26.7 Å². The number of nitrogens with zero attached hydrogens (tertiary/aromatic N) is 4. The van der Waals surface area contributed by atoms with E-state index in [4.69, 9.17) is 4.52 Å². The molecule has 2 fully saturated rings. The van der Waals surface area contributed by atoms with Crippen LogP contribution in [0.15, 0.2) is 34.9 Å². The van der Waals surface area contributed by atoms with Crippen LogP contribution in [-0.4, -0.2) is 52.5 Å². The molecule has 4 rings (SSSR count). The van der Waals surface area contributed by atoms with Crippen molar-refractivity contribution < 1.29 is 9.32 Å². The molecule has 1 aromatic heterocycles. The van der Waals surface area contributed by atoms with Crippen LogP contribution >= 0.6 is 0 Å². The minimum absolute atomic E-state index is 0.157. The predicted molar refractivity (Wildman–Crippen MR) is 89.0 cm³/mol. The van der Waals surface area contributed by atoms with Gasteiger partial charge in [-0.2, -0.15) is 4.98 Å². The Balaban J connectivity index is 1.48. The molecule has 0 N–H and O–H groups in total. The minimum Gasteiger partial charge on any atom is -0.341 e. The van der Waals surface area contributed by atoms with E-state index in [1.54, 1.807) is 0 Å². The molecule has 1 spiro atoms. The van der Waals surface area contributed by atoms with E-state index in [-0.39, 0.29) is 17.4 Å². The van der Waals surface area contributed by atoms with Gasteiger partial charge in [-0.1, -0.05) is 30.3 Å². The molecule has 2 aliphatic rings. The third-order valence-electron chi connectivity index (χ3n) is 5.21. The number of amides is 1. The number of hydrogen-bond donors (Lipinski definition) is 0. The van der Waals surface area contributed by atoms with E-state index in [0.29, 0.717) is 12.3 Å². The Kier molecular flexibility index (Phi) is 3.64. The highest BCUT2D eigenvalue weighted by molar-refractivity contribution is 5.77. The maximum absolute atomic E-state index is 11.8. The summed E-state index contributed by atoms with van der Waals surface area (Å²) >= 11 is 0. The standard InChI is InChI=1S/C18H22N4O2/c1-3-15(23)22-11-18(12-22)9-14(21(2)10-18)16-19-17(24-20-16)13-7-5-4-6-8-13/h4-8,14H,3,9-12H2,1-2H3. The van der Waals surface area contributed by atoms with Crippen LogP contribution in [0.5, 0.6) is 0 Å². The SMILES string of the molecule is CCC(=O)N1CC2(CC(c3noc(-c4ccccc4)n3)N(C)C2)C1. The molecular formula is C18H22N4O2. The first kappa shape index (κ1) is 15.3. The van der Waals surface area contributed by atoms with Crippen molar-refractivity contribution in [2.45, 2.75) is 25.8 Å². The van der Waals surface area contributed by atoms with Gasteiger partial charge in [-0.25, -0.2) is 0 Å². The maximum atomic E-state index is 11.8. The number of rotatable bonds is 3. The summed E-state index contributed by atoms with van der Waals surface area (Å²) in [6.45, 7) is 4.59. The summed E-state index contributed by atoms with van der Waals surface area (Å²) < 4.78 is 5.46. The fraction of sp³-hybridized carbons (Fsp3) is 0.500. The van der Waals surface area contributed by atoms with E-state index in [1.165, 1.54) is 0 Å². The molecule has 24 heavy (non-hydrogen) atoms. The summed E-state index contributed by atoms with van der Waals surface area (Å²) in [5.41, 5.74) is 1.13. The Bertz CT molecular complexity index is 736. The zero-order chi connectivity index (χ0) is 16.7. The number of aromatic nitrogens is 2. The second kappa shape index (κ2) is 5.70. The van der Waals surface area contributed by atoms with Gasteiger partial charge in [-0.05, 0) is 25.6 Å². The van der Waals surface area contributed by atoms with Crippen LogP contribution in [0.25, 0.3) is 11.5 Å². The molecule has 0 radical (unpaired) electrons. The van der Waals surface area contributed by atoms with Crippen molar-refractivity contribution in [1.29, 1.82) is 0 Å². The molecule has 0 bridgehead atoms. The molecule has 1 unspecified atom stereocenters. The van der Waals surface area contributed by atoms with Gasteiger partial charge in [0.2, 0.25) is 5.91 Å². The minimum atomic E-state index is 0.157. The first-order valence-electron chi connectivity index (χ1n) is 8.47. The van der Waals surface area contributed by atoms with Crippen molar-refractivity contribution in [2.24, 2.45) is 5.41 Å². The maximum Gasteiger partial charge on any atom is 0.257 e. The highest BCUT2D eigenvalue weighted by Gasteiger charge is 2.52. The zero-order valence-electron chi connectivity index (χ0n) is 14.1. The molecule has 0 aliphatic carbocycles. The van der Waals surface area contributed by atoms with E-state index in [9.17, 15) is 4.79 Å². The summed E-state index contributed by atoms with van der Waals surface area (Å²) in [5, 5.41) is 4.21. The molecule has 2 saturated heterocycles. The predicted octanol–water partition coefficient (Wildman–Crippen LogP) is 2.35. The lowest BCUT2D eigenvalue weighted by Gasteiger charge is -2.48. The number of benzene rings is 1. The van der Waals surface area contributed by atoms with Crippen LogP contribution in [0, 0.1) is 5.41 Å². The normalized spacial score (nSPS) is 22.8. The quantitative estimate of drug-likeness (QED) is 0.866. The smallest absolute Gasteiger partial charge is 0.257 e. The average Bonchev–Trinajstić information content (AvgIpc) is 3.18. The Labute approximate surface area is 141 Å². The third-order valence-corrected chi connectivity index (χ3v) is 5.21. The van der Waals surface area contributed by atoms with Crippen LogP contribution in [-0.2, 0) is 4.79 Å². The van der Waals surface area contributed by atoms with Gasteiger partial charge in [0.1, 0.15) is 0 Å². The van der Waals surface area contributed by atoms with Gasteiger partial charge in [0.05, 0.1) is 6.04 Å². The van der Waals surface area contributed by atoms with E-state index >= 15 is 0 Å². The zero-order valence-corrected chi connectivity index (χ0v) is 14.1. The summed E-state index contributed by atoms with van der Waals surface area (Å²) in [4.78, 5) is 20.7. The van der Waals surface area contributed by atoms with Crippen molar-refractivity contribution in [3.05, 3.63) is 36.2 Å². The van der Waals surface area contributed by atoms with Crippen LogP contribution < -0.4 is 0 Å². The first-order valence-corrected chi connectivity index (χ1v) is 8.47. The Morgan fingerprint density at radius 1 is 1.29 bits per heavy atom. The topological polar surface area (TPSA) is 62.5 Å². The van der Waals surface area contributed by atoms with E-state index in [0.717, 1.165) is 37.4 Å². The summed E-state index contributed by atoms with van der Waals surface area (Å²) in [7, 11) is 2.10. The molecule has 6 nitrogen and oxygen atoms in total. The van der Waals surface area contributed by atoms with E-state index in [1.807, 2.05) is 42.2 Å². The molecule has 6 heteroatoms. The van der Waals surface area contributed by atoms with Crippen LogP contribution in [0.2, 0.25) is 0 Å². The summed E-state index contributed by atoms with van der Waals surface area (Å²) in [5.74, 6) is 1.56. The lowest BCUT2D eigenvalue weighted by atomic mass is 9.77. The highest BCUT2D eigenvalue weighted by Crippen LogP contribution is 2.47. The Hall–Kier alpha value is -2.21. The van der Waals surface area contributed by atoms with Gasteiger partial charge < -0.3 is 9.42 Å². The van der Waals surface area contributed by atoms with Crippen LogP contribution in [0.3, 0.4) is 0 Å². The number of carbonyl (C=O) groups is 1. The fourth-order valence-electron chi connectivity index (χ4n) is 4.02. The molecule has 126 valence electrons. The Morgan fingerprint density at radius 3 is 2.75 bits per heavy atom. The first-order chi connectivity index (χ1) is 11.6. The highest BCUT2D eigenvalue weighted by atomic mass is 16.5. The molecule has 1 amide bonds. The second-order valence-electron chi connectivity index (χ2n) is 7.06. The van der Waals surface area contributed by atoms with Gasteiger partial charge in [-0.15, -0.1) is 0 Å². The summed E-state index contributed by atoms with van der Waals surface area (Å²) in [6, 6.07) is 9.99. The van der Waals surface area contributed by atoms with Crippen molar-refractivity contribution in [3.8, 4) is 11.5 Å². The molecule has 3 heterocycles. The van der Waals surface area contributed by atoms with Gasteiger partial charge >= 0.3 is 0 Å². The van der Waals surface area contributed by atoms with Crippen LogP contribution in [0.4, 0.5) is 0 Å². The second-order valence-corrected chi connectivity index (χ2v) is 7.06. The number of carbonyl (C=O) groups excluding carboxylic acids is 1.